The monoisotopic (exact) mass is 260 g/mol. The standard InChI is InChI=1S/C16H24N2O/c1-12(19)15-10-9-14(11-16(15)17)18(2)13-7-5-3-4-6-8-13/h9-11,13H,3-8,17H2,1-2H3. The zero-order valence-electron chi connectivity index (χ0n) is 12.0. The highest BCUT2D eigenvalue weighted by atomic mass is 16.1. The van der Waals surface area contributed by atoms with Gasteiger partial charge in [0.15, 0.2) is 5.78 Å². The minimum absolute atomic E-state index is 0.0289. The molecule has 3 heteroatoms. The average Bonchev–Trinajstić information content (AvgIpc) is 2.66. The minimum atomic E-state index is 0.0289. The van der Waals surface area contributed by atoms with Gasteiger partial charge in [-0.25, -0.2) is 0 Å². The van der Waals surface area contributed by atoms with Gasteiger partial charge in [0, 0.05) is 30.0 Å². The SMILES string of the molecule is CC(=O)c1ccc(N(C)C2CCCCCC2)cc1N. The van der Waals surface area contributed by atoms with Crippen LogP contribution in [0.3, 0.4) is 0 Å². The van der Waals surface area contributed by atoms with E-state index in [1.807, 2.05) is 18.2 Å². The molecule has 0 atom stereocenters. The lowest BCUT2D eigenvalue weighted by Gasteiger charge is -2.29. The van der Waals surface area contributed by atoms with Gasteiger partial charge in [-0.05, 0) is 38.0 Å². The molecule has 104 valence electrons. The second kappa shape index (κ2) is 6.09. The van der Waals surface area contributed by atoms with E-state index in [0.717, 1.165) is 5.69 Å². The molecule has 1 aliphatic rings. The maximum atomic E-state index is 11.4. The highest BCUT2D eigenvalue weighted by molar-refractivity contribution is 5.99. The van der Waals surface area contributed by atoms with Crippen LogP contribution in [-0.2, 0) is 0 Å². The predicted molar refractivity (Wildman–Crippen MR) is 80.8 cm³/mol. The van der Waals surface area contributed by atoms with Crippen LogP contribution < -0.4 is 10.6 Å². The van der Waals surface area contributed by atoms with Crippen molar-refractivity contribution in [2.24, 2.45) is 0 Å². The van der Waals surface area contributed by atoms with Gasteiger partial charge < -0.3 is 10.6 Å². The molecule has 0 aromatic heterocycles. The van der Waals surface area contributed by atoms with Gasteiger partial charge in [-0.3, -0.25) is 4.79 Å². The molecule has 1 aromatic rings. The maximum Gasteiger partial charge on any atom is 0.161 e. The first-order valence-corrected chi connectivity index (χ1v) is 7.23. The quantitative estimate of drug-likeness (QED) is 0.513. The number of nitrogens with two attached hydrogens (primary N) is 1. The molecule has 1 aliphatic carbocycles. The first-order valence-electron chi connectivity index (χ1n) is 7.23. The van der Waals surface area contributed by atoms with Crippen molar-refractivity contribution in [3.63, 3.8) is 0 Å². The Hall–Kier alpha value is -1.51. The summed E-state index contributed by atoms with van der Waals surface area (Å²) in [6.45, 7) is 1.56. The molecular formula is C16H24N2O. The van der Waals surface area contributed by atoms with E-state index in [0.29, 0.717) is 17.3 Å². The number of hydrogen-bond donors (Lipinski definition) is 1. The molecule has 2 N–H and O–H groups in total. The number of carbonyl (C=O) groups is 1. The van der Waals surface area contributed by atoms with E-state index >= 15 is 0 Å². The van der Waals surface area contributed by atoms with Crippen molar-refractivity contribution in [3.8, 4) is 0 Å². The van der Waals surface area contributed by atoms with Crippen LogP contribution in [-0.4, -0.2) is 18.9 Å². The second-order valence-corrected chi connectivity index (χ2v) is 5.58. The molecule has 0 heterocycles. The van der Waals surface area contributed by atoms with Crippen molar-refractivity contribution >= 4 is 17.2 Å². The third-order valence-corrected chi connectivity index (χ3v) is 4.19. The normalized spacial score (nSPS) is 16.9. The molecule has 0 unspecified atom stereocenters. The van der Waals surface area contributed by atoms with Crippen LogP contribution in [0.2, 0.25) is 0 Å². The molecule has 0 bridgehead atoms. The minimum Gasteiger partial charge on any atom is -0.398 e. The third-order valence-electron chi connectivity index (χ3n) is 4.19. The Bertz CT molecular complexity index is 448. The van der Waals surface area contributed by atoms with E-state index in [4.69, 9.17) is 5.73 Å². The number of anilines is 2. The average molecular weight is 260 g/mol. The Balaban J connectivity index is 2.16. The Kier molecular flexibility index (Phi) is 4.46. The molecular weight excluding hydrogens is 236 g/mol. The lowest BCUT2D eigenvalue weighted by molar-refractivity contribution is 0.101. The zero-order valence-corrected chi connectivity index (χ0v) is 12.0. The fraction of sp³-hybridized carbons (Fsp3) is 0.562. The van der Waals surface area contributed by atoms with Gasteiger partial charge >= 0.3 is 0 Å². The fourth-order valence-electron chi connectivity index (χ4n) is 2.95. The van der Waals surface area contributed by atoms with E-state index in [1.165, 1.54) is 38.5 Å². The van der Waals surface area contributed by atoms with E-state index in [2.05, 4.69) is 11.9 Å². The lowest BCUT2D eigenvalue weighted by Crippen LogP contribution is -2.31. The molecule has 0 spiro atoms. The molecule has 1 aromatic carbocycles. The number of nitrogen functional groups attached to an aromatic ring is 1. The molecule has 0 aliphatic heterocycles. The van der Waals surface area contributed by atoms with Gasteiger partial charge in [0.2, 0.25) is 0 Å². The summed E-state index contributed by atoms with van der Waals surface area (Å²) in [5, 5.41) is 0. The van der Waals surface area contributed by atoms with Gasteiger partial charge in [-0.15, -0.1) is 0 Å². The summed E-state index contributed by atoms with van der Waals surface area (Å²) < 4.78 is 0. The zero-order chi connectivity index (χ0) is 13.8. The van der Waals surface area contributed by atoms with Crippen LogP contribution in [0.5, 0.6) is 0 Å². The summed E-state index contributed by atoms with van der Waals surface area (Å²) >= 11 is 0. The van der Waals surface area contributed by atoms with Crippen molar-refractivity contribution in [2.75, 3.05) is 17.7 Å². The van der Waals surface area contributed by atoms with E-state index in [-0.39, 0.29) is 5.78 Å². The number of hydrogen-bond acceptors (Lipinski definition) is 3. The van der Waals surface area contributed by atoms with Gasteiger partial charge in [-0.1, -0.05) is 25.7 Å². The van der Waals surface area contributed by atoms with Crippen molar-refractivity contribution < 1.29 is 4.79 Å². The summed E-state index contributed by atoms with van der Waals surface area (Å²) in [6.07, 6.45) is 7.85. The van der Waals surface area contributed by atoms with Crippen LogP contribution in [0.4, 0.5) is 11.4 Å². The molecule has 0 saturated heterocycles. The largest absolute Gasteiger partial charge is 0.398 e. The molecule has 2 rings (SSSR count). The van der Waals surface area contributed by atoms with E-state index in [9.17, 15) is 4.79 Å². The number of rotatable bonds is 3. The molecule has 1 fully saturated rings. The molecule has 0 amide bonds. The summed E-state index contributed by atoms with van der Waals surface area (Å²) in [4.78, 5) is 13.7. The number of benzene rings is 1. The van der Waals surface area contributed by atoms with Gasteiger partial charge in [0.1, 0.15) is 0 Å². The topological polar surface area (TPSA) is 46.3 Å². The van der Waals surface area contributed by atoms with Crippen LogP contribution >= 0.6 is 0 Å². The summed E-state index contributed by atoms with van der Waals surface area (Å²) in [5.41, 5.74) is 8.30. The van der Waals surface area contributed by atoms with Crippen molar-refractivity contribution in [2.45, 2.75) is 51.5 Å². The van der Waals surface area contributed by atoms with E-state index in [1.54, 1.807) is 6.92 Å². The molecule has 0 radical (unpaired) electrons. The van der Waals surface area contributed by atoms with Gasteiger partial charge in [0.25, 0.3) is 0 Å². The van der Waals surface area contributed by atoms with Crippen molar-refractivity contribution in [3.05, 3.63) is 23.8 Å². The van der Waals surface area contributed by atoms with Crippen molar-refractivity contribution in [1.29, 1.82) is 0 Å². The van der Waals surface area contributed by atoms with Crippen LogP contribution in [0, 0.1) is 0 Å². The van der Waals surface area contributed by atoms with Crippen LogP contribution in [0.1, 0.15) is 55.8 Å². The highest BCUT2D eigenvalue weighted by Gasteiger charge is 2.18. The summed E-state index contributed by atoms with van der Waals surface area (Å²) in [5.74, 6) is 0.0289. The maximum absolute atomic E-state index is 11.4. The van der Waals surface area contributed by atoms with Gasteiger partial charge in [-0.2, -0.15) is 0 Å². The number of carbonyl (C=O) groups excluding carboxylic acids is 1. The second-order valence-electron chi connectivity index (χ2n) is 5.58. The van der Waals surface area contributed by atoms with E-state index < -0.39 is 0 Å². The predicted octanol–water partition coefficient (Wildman–Crippen LogP) is 3.63. The smallest absolute Gasteiger partial charge is 0.161 e. The number of nitrogens with zero attached hydrogens (tertiary/aromatic N) is 1. The molecule has 1 saturated carbocycles. The first kappa shape index (κ1) is 13.9. The van der Waals surface area contributed by atoms with Crippen LogP contribution in [0.15, 0.2) is 18.2 Å². The fourth-order valence-corrected chi connectivity index (χ4v) is 2.95. The third kappa shape index (κ3) is 3.28. The number of ketones is 1. The van der Waals surface area contributed by atoms with Crippen molar-refractivity contribution in [1.82, 2.24) is 0 Å². The summed E-state index contributed by atoms with van der Waals surface area (Å²) in [7, 11) is 2.14. The Morgan fingerprint density at radius 3 is 2.37 bits per heavy atom. The highest BCUT2D eigenvalue weighted by Crippen LogP contribution is 2.27. The van der Waals surface area contributed by atoms with Gasteiger partial charge in [0.05, 0.1) is 0 Å². The van der Waals surface area contributed by atoms with Crippen LogP contribution in [0.25, 0.3) is 0 Å². The summed E-state index contributed by atoms with van der Waals surface area (Å²) in [6, 6.07) is 6.39. The molecule has 3 nitrogen and oxygen atoms in total. The Labute approximate surface area is 115 Å². The number of Topliss-reactive ketones (excluding diaryl/α,β-unsaturated/α-hetero) is 1. The molecule has 19 heavy (non-hydrogen) atoms. The Morgan fingerprint density at radius 1 is 1.21 bits per heavy atom. The Morgan fingerprint density at radius 2 is 1.84 bits per heavy atom. The first-order chi connectivity index (χ1) is 9.09. The lowest BCUT2D eigenvalue weighted by atomic mass is 10.0.